The molecule has 0 aromatic heterocycles. The average Bonchev–Trinajstić information content (AvgIpc) is 2.79. The zero-order valence-corrected chi connectivity index (χ0v) is 9.91. The lowest BCUT2D eigenvalue weighted by Gasteiger charge is -2.13. The highest BCUT2D eigenvalue weighted by molar-refractivity contribution is 5.97. The standard InChI is InChI=1S/C14H19NO/c1-12-6-2-3-7-13(12)14(16)8-11-15-9-4-5-10-15/h2-3,6-7H,4-5,8-11H2,1H3. The van der Waals surface area contributed by atoms with Crippen molar-refractivity contribution in [1.82, 2.24) is 4.90 Å². The Morgan fingerprint density at radius 2 is 1.94 bits per heavy atom. The lowest BCUT2D eigenvalue weighted by molar-refractivity contribution is 0.0968. The summed E-state index contributed by atoms with van der Waals surface area (Å²) in [6.07, 6.45) is 3.24. The van der Waals surface area contributed by atoms with Crippen molar-refractivity contribution in [3.05, 3.63) is 35.4 Å². The van der Waals surface area contributed by atoms with Crippen molar-refractivity contribution in [3.63, 3.8) is 0 Å². The number of ketones is 1. The zero-order chi connectivity index (χ0) is 11.4. The van der Waals surface area contributed by atoms with Crippen molar-refractivity contribution in [2.24, 2.45) is 0 Å². The van der Waals surface area contributed by atoms with Crippen molar-refractivity contribution >= 4 is 5.78 Å². The van der Waals surface area contributed by atoms with E-state index in [-0.39, 0.29) is 5.78 Å². The molecule has 1 aliphatic heterocycles. The third-order valence-corrected chi connectivity index (χ3v) is 3.30. The molecule has 0 spiro atoms. The summed E-state index contributed by atoms with van der Waals surface area (Å²) in [5, 5.41) is 0. The molecule has 2 nitrogen and oxygen atoms in total. The molecule has 1 heterocycles. The number of likely N-dealkylation sites (tertiary alicyclic amines) is 1. The molecule has 0 unspecified atom stereocenters. The molecule has 1 aromatic rings. The lowest BCUT2D eigenvalue weighted by Crippen LogP contribution is -2.22. The van der Waals surface area contributed by atoms with E-state index < -0.39 is 0 Å². The van der Waals surface area contributed by atoms with Gasteiger partial charge in [0.15, 0.2) is 5.78 Å². The van der Waals surface area contributed by atoms with Crippen LogP contribution >= 0.6 is 0 Å². The predicted octanol–water partition coefficient (Wildman–Crippen LogP) is 2.66. The molecule has 1 aliphatic rings. The summed E-state index contributed by atoms with van der Waals surface area (Å²) in [6, 6.07) is 7.85. The van der Waals surface area contributed by atoms with Crippen LogP contribution in [0, 0.1) is 6.92 Å². The molecule has 2 heteroatoms. The topological polar surface area (TPSA) is 20.3 Å². The molecule has 0 saturated carbocycles. The van der Waals surface area contributed by atoms with Crippen molar-refractivity contribution < 1.29 is 4.79 Å². The van der Waals surface area contributed by atoms with Crippen molar-refractivity contribution in [1.29, 1.82) is 0 Å². The molecule has 0 atom stereocenters. The van der Waals surface area contributed by atoms with Gasteiger partial charge in [0.2, 0.25) is 0 Å². The second-order valence-corrected chi connectivity index (χ2v) is 4.54. The van der Waals surface area contributed by atoms with Crippen LogP contribution in [0.5, 0.6) is 0 Å². The average molecular weight is 217 g/mol. The fraction of sp³-hybridized carbons (Fsp3) is 0.500. The molecule has 2 rings (SSSR count). The van der Waals surface area contributed by atoms with E-state index in [0.29, 0.717) is 6.42 Å². The van der Waals surface area contributed by atoms with Crippen molar-refractivity contribution in [2.75, 3.05) is 19.6 Å². The summed E-state index contributed by atoms with van der Waals surface area (Å²) in [6.45, 7) is 5.26. The molecule has 86 valence electrons. The summed E-state index contributed by atoms with van der Waals surface area (Å²) in [5.74, 6) is 0.282. The van der Waals surface area contributed by atoms with E-state index in [4.69, 9.17) is 0 Å². The maximum Gasteiger partial charge on any atom is 0.164 e. The van der Waals surface area contributed by atoms with Gasteiger partial charge in [-0.3, -0.25) is 4.79 Å². The first-order valence-corrected chi connectivity index (χ1v) is 6.08. The van der Waals surface area contributed by atoms with Crippen LogP contribution in [-0.4, -0.2) is 30.3 Å². The third-order valence-electron chi connectivity index (χ3n) is 3.30. The van der Waals surface area contributed by atoms with E-state index >= 15 is 0 Å². The highest BCUT2D eigenvalue weighted by atomic mass is 16.1. The Bertz CT molecular complexity index is 367. The third kappa shape index (κ3) is 2.70. The molecule has 1 saturated heterocycles. The Hall–Kier alpha value is -1.15. The van der Waals surface area contributed by atoms with Gasteiger partial charge in [0.05, 0.1) is 0 Å². The molecule has 0 N–H and O–H groups in total. The molecule has 1 fully saturated rings. The fourth-order valence-corrected chi connectivity index (χ4v) is 2.29. The van der Waals surface area contributed by atoms with Crippen LogP contribution in [0.4, 0.5) is 0 Å². The summed E-state index contributed by atoms with van der Waals surface area (Å²) in [5.41, 5.74) is 1.98. The Morgan fingerprint density at radius 1 is 1.25 bits per heavy atom. The van der Waals surface area contributed by atoms with Gasteiger partial charge < -0.3 is 4.90 Å². The SMILES string of the molecule is Cc1ccccc1C(=O)CCN1CCCC1. The van der Waals surface area contributed by atoms with Gasteiger partial charge in [0.1, 0.15) is 0 Å². The van der Waals surface area contributed by atoms with Crippen LogP contribution < -0.4 is 0 Å². The van der Waals surface area contributed by atoms with E-state index in [1.165, 1.54) is 25.9 Å². The van der Waals surface area contributed by atoms with Gasteiger partial charge in [-0.15, -0.1) is 0 Å². The number of aryl methyl sites for hydroxylation is 1. The van der Waals surface area contributed by atoms with Gasteiger partial charge in [-0.2, -0.15) is 0 Å². The van der Waals surface area contributed by atoms with Gasteiger partial charge in [0, 0.05) is 18.5 Å². The Morgan fingerprint density at radius 3 is 2.62 bits per heavy atom. The normalized spacial score (nSPS) is 16.6. The number of Topliss-reactive ketones (excluding diaryl/α,β-unsaturated/α-hetero) is 1. The van der Waals surface area contributed by atoms with E-state index in [2.05, 4.69) is 4.90 Å². The van der Waals surface area contributed by atoms with Crippen LogP contribution in [0.1, 0.15) is 35.2 Å². The Balaban J connectivity index is 1.90. The fourth-order valence-electron chi connectivity index (χ4n) is 2.29. The Kier molecular flexibility index (Phi) is 3.73. The summed E-state index contributed by atoms with van der Waals surface area (Å²) in [4.78, 5) is 14.4. The van der Waals surface area contributed by atoms with Gasteiger partial charge >= 0.3 is 0 Å². The van der Waals surface area contributed by atoms with Crippen LogP contribution in [0.25, 0.3) is 0 Å². The molecule has 0 bridgehead atoms. The molecule has 0 amide bonds. The quantitative estimate of drug-likeness (QED) is 0.723. The summed E-state index contributed by atoms with van der Waals surface area (Å²) in [7, 11) is 0. The molecule has 0 radical (unpaired) electrons. The lowest BCUT2D eigenvalue weighted by atomic mass is 10.0. The van der Waals surface area contributed by atoms with Crippen LogP contribution in [0.15, 0.2) is 24.3 Å². The zero-order valence-electron chi connectivity index (χ0n) is 9.91. The molecular weight excluding hydrogens is 198 g/mol. The van der Waals surface area contributed by atoms with Gasteiger partial charge in [-0.25, -0.2) is 0 Å². The molecular formula is C14H19NO. The second-order valence-electron chi connectivity index (χ2n) is 4.54. The van der Waals surface area contributed by atoms with E-state index in [1.807, 2.05) is 31.2 Å². The number of hydrogen-bond donors (Lipinski definition) is 0. The highest BCUT2D eigenvalue weighted by Crippen LogP contribution is 2.12. The van der Waals surface area contributed by atoms with Gasteiger partial charge in [-0.05, 0) is 38.4 Å². The van der Waals surface area contributed by atoms with Crippen molar-refractivity contribution in [2.45, 2.75) is 26.2 Å². The van der Waals surface area contributed by atoms with E-state index in [9.17, 15) is 4.79 Å². The minimum atomic E-state index is 0.282. The minimum absolute atomic E-state index is 0.282. The number of carbonyl (C=O) groups is 1. The smallest absolute Gasteiger partial charge is 0.164 e. The predicted molar refractivity (Wildman–Crippen MR) is 65.8 cm³/mol. The number of rotatable bonds is 4. The van der Waals surface area contributed by atoms with Crippen LogP contribution in [0.2, 0.25) is 0 Å². The monoisotopic (exact) mass is 217 g/mol. The highest BCUT2D eigenvalue weighted by Gasteiger charge is 2.14. The largest absolute Gasteiger partial charge is 0.303 e. The number of benzene rings is 1. The first-order valence-electron chi connectivity index (χ1n) is 6.08. The van der Waals surface area contributed by atoms with Gasteiger partial charge in [-0.1, -0.05) is 24.3 Å². The first kappa shape index (κ1) is 11.3. The minimum Gasteiger partial charge on any atom is -0.303 e. The first-order chi connectivity index (χ1) is 7.77. The maximum absolute atomic E-state index is 12.0. The number of hydrogen-bond acceptors (Lipinski definition) is 2. The number of carbonyl (C=O) groups excluding carboxylic acids is 1. The summed E-state index contributed by atoms with van der Waals surface area (Å²) < 4.78 is 0. The molecule has 1 aromatic carbocycles. The van der Waals surface area contributed by atoms with Crippen molar-refractivity contribution in [3.8, 4) is 0 Å². The maximum atomic E-state index is 12.0. The molecule has 0 aliphatic carbocycles. The van der Waals surface area contributed by atoms with Crippen LogP contribution in [0.3, 0.4) is 0 Å². The van der Waals surface area contributed by atoms with Crippen LogP contribution in [-0.2, 0) is 0 Å². The molecule has 16 heavy (non-hydrogen) atoms. The number of nitrogens with zero attached hydrogens (tertiary/aromatic N) is 1. The van der Waals surface area contributed by atoms with E-state index in [1.54, 1.807) is 0 Å². The van der Waals surface area contributed by atoms with Gasteiger partial charge in [0.25, 0.3) is 0 Å². The Labute approximate surface area is 97.3 Å². The van der Waals surface area contributed by atoms with E-state index in [0.717, 1.165) is 17.7 Å². The second kappa shape index (κ2) is 5.26. The summed E-state index contributed by atoms with van der Waals surface area (Å²) >= 11 is 0.